The molecule has 3 unspecified atom stereocenters. The van der Waals surface area contributed by atoms with Crippen molar-refractivity contribution >= 4 is 0 Å². The van der Waals surface area contributed by atoms with Crippen molar-refractivity contribution in [2.45, 2.75) is 43.4 Å². The Bertz CT molecular complexity index is 767. The van der Waals surface area contributed by atoms with Crippen LogP contribution >= 0.6 is 0 Å². The van der Waals surface area contributed by atoms with Crippen molar-refractivity contribution in [2.24, 2.45) is 17.8 Å². The third kappa shape index (κ3) is 1.89. The van der Waals surface area contributed by atoms with E-state index in [1.807, 2.05) is 30.3 Å². The molecule has 6 rings (SSSR count). The number of aromatic hydroxyl groups is 2. The normalized spacial score (nSPS) is 36.8. The number of phenolic OH excluding ortho intramolecular Hbond substituents is 2. The highest BCUT2D eigenvalue weighted by atomic mass is 16.3. The third-order valence-electron chi connectivity index (χ3n) is 7.02. The Morgan fingerprint density at radius 2 is 1.38 bits per heavy atom. The monoisotopic (exact) mass is 320 g/mol. The van der Waals surface area contributed by atoms with Crippen molar-refractivity contribution < 1.29 is 10.2 Å². The Hall–Kier alpha value is -1.96. The van der Waals surface area contributed by atoms with E-state index in [9.17, 15) is 10.2 Å². The number of hydrogen-bond acceptors (Lipinski definition) is 2. The Labute approximate surface area is 143 Å². The van der Waals surface area contributed by atoms with Crippen LogP contribution in [-0.4, -0.2) is 10.2 Å². The van der Waals surface area contributed by atoms with Gasteiger partial charge in [0.15, 0.2) is 0 Å². The molecule has 0 aromatic heterocycles. The van der Waals surface area contributed by atoms with Crippen LogP contribution in [0, 0.1) is 17.8 Å². The first kappa shape index (κ1) is 14.4. The molecule has 0 heterocycles. The summed E-state index contributed by atoms with van der Waals surface area (Å²) in [6.07, 6.45) is 6.22. The fourth-order valence-electron chi connectivity index (χ4n) is 6.62. The Kier molecular flexibility index (Phi) is 3.01. The maximum atomic E-state index is 10.6. The highest BCUT2D eigenvalue weighted by Gasteiger charge is 2.59. The summed E-state index contributed by atoms with van der Waals surface area (Å²) >= 11 is 0. The van der Waals surface area contributed by atoms with Crippen molar-refractivity contribution in [3.63, 3.8) is 0 Å². The van der Waals surface area contributed by atoms with E-state index in [-0.39, 0.29) is 5.41 Å². The van der Waals surface area contributed by atoms with Crippen LogP contribution in [0.15, 0.2) is 48.5 Å². The summed E-state index contributed by atoms with van der Waals surface area (Å²) in [6, 6.07) is 15.8. The zero-order valence-electron chi connectivity index (χ0n) is 13.9. The molecule has 24 heavy (non-hydrogen) atoms. The lowest BCUT2D eigenvalue weighted by Gasteiger charge is -2.62. The van der Waals surface area contributed by atoms with Crippen LogP contribution in [0.25, 0.3) is 0 Å². The Morgan fingerprint density at radius 3 is 2.04 bits per heavy atom. The molecule has 4 bridgehead atoms. The van der Waals surface area contributed by atoms with Crippen LogP contribution in [0.5, 0.6) is 11.5 Å². The highest BCUT2D eigenvalue weighted by molar-refractivity contribution is 5.48. The smallest absolute Gasteiger partial charge is 0.119 e. The third-order valence-corrected chi connectivity index (χ3v) is 7.02. The summed E-state index contributed by atoms with van der Waals surface area (Å²) in [4.78, 5) is 0. The van der Waals surface area contributed by atoms with Gasteiger partial charge in [-0.3, -0.25) is 0 Å². The summed E-state index contributed by atoms with van der Waals surface area (Å²) in [5, 5.41) is 21.2. The van der Waals surface area contributed by atoms with Crippen LogP contribution in [-0.2, 0) is 5.41 Å². The number of benzene rings is 2. The predicted molar refractivity (Wildman–Crippen MR) is 94.2 cm³/mol. The lowest BCUT2D eigenvalue weighted by Crippen LogP contribution is -2.53. The van der Waals surface area contributed by atoms with Gasteiger partial charge in [-0.15, -0.1) is 0 Å². The van der Waals surface area contributed by atoms with E-state index in [0.717, 1.165) is 35.8 Å². The highest BCUT2D eigenvalue weighted by Crippen LogP contribution is 2.68. The van der Waals surface area contributed by atoms with Gasteiger partial charge in [0.25, 0.3) is 0 Å². The summed E-state index contributed by atoms with van der Waals surface area (Å²) in [6.45, 7) is 0. The van der Waals surface area contributed by atoms with Gasteiger partial charge in [-0.1, -0.05) is 36.4 Å². The van der Waals surface area contributed by atoms with Crippen LogP contribution in [0.2, 0.25) is 0 Å². The molecule has 0 amide bonds. The van der Waals surface area contributed by atoms with Crippen molar-refractivity contribution in [1.29, 1.82) is 0 Å². The van der Waals surface area contributed by atoms with E-state index in [1.165, 1.54) is 19.3 Å². The summed E-state index contributed by atoms with van der Waals surface area (Å²) in [7, 11) is 0. The quantitative estimate of drug-likeness (QED) is 0.821. The van der Waals surface area contributed by atoms with Crippen molar-refractivity contribution in [3.05, 3.63) is 59.7 Å². The minimum Gasteiger partial charge on any atom is -0.508 e. The van der Waals surface area contributed by atoms with Crippen LogP contribution < -0.4 is 0 Å². The fourth-order valence-corrected chi connectivity index (χ4v) is 6.62. The molecule has 0 spiro atoms. The van der Waals surface area contributed by atoms with Crippen molar-refractivity contribution in [3.8, 4) is 11.5 Å². The van der Waals surface area contributed by atoms with Gasteiger partial charge in [0, 0.05) is 16.9 Å². The fraction of sp³-hybridized carbons (Fsp3) is 0.455. The van der Waals surface area contributed by atoms with E-state index in [1.54, 1.807) is 0 Å². The molecule has 2 nitrogen and oxygen atoms in total. The second-order valence-corrected chi connectivity index (χ2v) is 8.32. The molecule has 3 atom stereocenters. The second kappa shape index (κ2) is 5.02. The topological polar surface area (TPSA) is 40.5 Å². The maximum Gasteiger partial charge on any atom is 0.119 e. The standard InChI is InChI=1S/C22H24O2/c23-19-7-3-1-5-17(19)21-16-10-14-9-15(11-16)13-22(21,12-14)18-6-2-4-8-20(18)24/h1-8,14-16,21,23-24H,9-13H2. The molecule has 0 saturated heterocycles. The predicted octanol–water partition coefficient (Wildman–Crippen LogP) is 4.96. The SMILES string of the molecule is Oc1ccccc1C1C2CC3CC(C2)CC1(c1ccccc1O)C3. The van der Waals surface area contributed by atoms with Gasteiger partial charge >= 0.3 is 0 Å². The number of para-hydroxylation sites is 2. The van der Waals surface area contributed by atoms with Crippen LogP contribution in [0.1, 0.15) is 49.1 Å². The molecule has 2 N–H and O–H groups in total. The lowest BCUT2D eigenvalue weighted by molar-refractivity contribution is -0.0295. The van der Waals surface area contributed by atoms with E-state index in [2.05, 4.69) is 18.2 Å². The average molecular weight is 320 g/mol. The zero-order valence-corrected chi connectivity index (χ0v) is 13.9. The minimum atomic E-state index is -0.0150. The van der Waals surface area contributed by atoms with Crippen molar-refractivity contribution in [1.82, 2.24) is 0 Å². The maximum absolute atomic E-state index is 10.6. The summed E-state index contributed by atoms with van der Waals surface area (Å²) in [5.41, 5.74) is 2.18. The first-order valence-corrected chi connectivity index (χ1v) is 9.24. The Morgan fingerprint density at radius 1 is 0.750 bits per heavy atom. The zero-order chi connectivity index (χ0) is 16.3. The van der Waals surface area contributed by atoms with Gasteiger partial charge in [0.1, 0.15) is 11.5 Å². The van der Waals surface area contributed by atoms with E-state index >= 15 is 0 Å². The van der Waals surface area contributed by atoms with Gasteiger partial charge < -0.3 is 10.2 Å². The molecule has 0 radical (unpaired) electrons. The number of phenols is 2. The molecule has 0 aliphatic heterocycles. The molecule has 124 valence electrons. The van der Waals surface area contributed by atoms with Crippen LogP contribution in [0.3, 0.4) is 0 Å². The van der Waals surface area contributed by atoms with Gasteiger partial charge in [-0.05, 0) is 67.6 Å². The molecule has 4 aliphatic rings. The van der Waals surface area contributed by atoms with Gasteiger partial charge in [-0.2, -0.15) is 0 Å². The van der Waals surface area contributed by atoms with Crippen LogP contribution in [0.4, 0.5) is 0 Å². The molecule has 4 aliphatic carbocycles. The van der Waals surface area contributed by atoms with E-state index in [4.69, 9.17) is 0 Å². The first-order valence-electron chi connectivity index (χ1n) is 9.24. The first-order chi connectivity index (χ1) is 11.7. The van der Waals surface area contributed by atoms with E-state index in [0.29, 0.717) is 23.3 Å². The molecule has 2 aromatic carbocycles. The summed E-state index contributed by atoms with van der Waals surface area (Å²) < 4.78 is 0. The number of hydrogen-bond donors (Lipinski definition) is 2. The Balaban J connectivity index is 1.72. The molecular weight excluding hydrogens is 296 g/mol. The lowest BCUT2D eigenvalue weighted by atomic mass is 9.42. The molecular formula is C22H24O2. The second-order valence-electron chi connectivity index (χ2n) is 8.32. The minimum absolute atomic E-state index is 0.0150. The van der Waals surface area contributed by atoms with Gasteiger partial charge in [0.05, 0.1) is 0 Å². The van der Waals surface area contributed by atoms with E-state index < -0.39 is 0 Å². The largest absolute Gasteiger partial charge is 0.508 e. The van der Waals surface area contributed by atoms with Crippen molar-refractivity contribution in [2.75, 3.05) is 0 Å². The van der Waals surface area contributed by atoms with Gasteiger partial charge in [0.2, 0.25) is 0 Å². The molecule has 4 saturated carbocycles. The molecule has 2 heteroatoms. The number of rotatable bonds is 2. The molecule has 4 fully saturated rings. The summed E-state index contributed by atoms with van der Waals surface area (Å²) in [5.74, 6) is 3.36. The average Bonchev–Trinajstić information content (AvgIpc) is 2.56. The van der Waals surface area contributed by atoms with Gasteiger partial charge in [-0.25, -0.2) is 0 Å². The molecule has 2 aromatic rings.